The molecule has 3 nitrogen and oxygen atoms in total. The molecule has 0 bridgehead atoms. The Balaban J connectivity index is 2.95. The van der Waals surface area contributed by atoms with Gasteiger partial charge in [-0.2, -0.15) is 0 Å². The Kier molecular flexibility index (Phi) is 15.8. The van der Waals surface area contributed by atoms with E-state index in [0.29, 0.717) is 6.61 Å². The predicted molar refractivity (Wildman–Crippen MR) is 80.2 cm³/mol. The lowest BCUT2D eigenvalue weighted by Gasteiger charge is -2.06. The molecule has 3 heteroatoms. The van der Waals surface area contributed by atoms with Crippen LogP contribution < -0.4 is 0 Å². The molecule has 116 valence electrons. The average Bonchev–Trinajstić information content (AvgIpc) is 2.43. The summed E-state index contributed by atoms with van der Waals surface area (Å²) in [6.07, 6.45) is 15.1. The molecule has 0 aliphatic heterocycles. The van der Waals surface area contributed by atoms with Gasteiger partial charge in [0.2, 0.25) is 0 Å². The molecule has 19 heavy (non-hydrogen) atoms. The Morgan fingerprint density at radius 3 is 1.26 bits per heavy atom. The van der Waals surface area contributed by atoms with Crippen molar-refractivity contribution >= 4 is 0 Å². The summed E-state index contributed by atoms with van der Waals surface area (Å²) in [4.78, 5) is 0. The Morgan fingerprint density at radius 2 is 0.895 bits per heavy atom. The van der Waals surface area contributed by atoms with Gasteiger partial charge in [0.15, 0.2) is 0 Å². The molecule has 0 fully saturated rings. The topological polar surface area (TPSA) is 60.7 Å². The summed E-state index contributed by atoms with van der Waals surface area (Å²) in [7, 11) is 0. The highest BCUT2D eigenvalue weighted by Crippen LogP contribution is 2.12. The van der Waals surface area contributed by atoms with Gasteiger partial charge in [-0.1, -0.05) is 70.6 Å². The fourth-order valence-corrected chi connectivity index (χ4v) is 2.35. The molecule has 0 amide bonds. The highest BCUT2D eigenvalue weighted by atomic mass is 16.3. The molecule has 3 N–H and O–H groups in total. The van der Waals surface area contributed by atoms with Gasteiger partial charge < -0.3 is 15.3 Å². The van der Waals surface area contributed by atoms with Crippen LogP contribution in [0.1, 0.15) is 83.5 Å². The van der Waals surface area contributed by atoms with Crippen molar-refractivity contribution in [1.29, 1.82) is 0 Å². The van der Waals surface area contributed by atoms with Crippen molar-refractivity contribution in [3.05, 3.63) is 0 Å². The van der Waals surface area contributed by atoms with E-state index in [2.05, 4.69) is 0 Å². The van der Waals surface area contributed by atoms with Crippen LogP contribution in [0.25, 0.3) is 0 Å². The fraction of sp³-hybridized carbons (Fsp3) is 1.00. The molecule has 0 aliphatic rings. The van der Waals surface area contributed by atoms with Gasteiger partial charge in [0.05, 0.1) is 12.7 Å². The van der Waals surface area contributed by atoms with Crippen molar-refractivity contribution in [3.63, 3.8) is 0 Å². The molecule has 0 aromatic carbocycles. The molecule has 1 atom stereocenters. The van der Waals surface area contributed by atoms with E-state index in [1.807, 2.05) is 0 Å². The standard InChI is InChI=1S/C16H34O3/c17-14-12-10-8-6-4-2-1-3-5-7-9-11-13-16(19)15-18/h16-19H,1-15H2/t16-/m1/s1. The molecular formula is C16H34O3. The number of hydrogen-bond donors (Lipinski definition) is 3. The van der Waals surface area contributed by atoms with Crippen molar-refractivity contribution in [1.82, 2.24) is 0 Å². The van der Waals surface area contributed by atoms with E-state index in [-0.39, 0.29) is 6.61 Å². The van der Waals surface area contributed by atoms with Crippen molar-refractivity contribution < 1.29 is 15.3 Å². The zero-order chi connectivity index (χ0) is 14.2. The molecule has 0 aromatic heterocycles. The minimum Gasteiger partial charge on any atom is -0.396 e. The van der Waals surface area contributed by atoms with Gasteiger partial charge in [0.25, 0.3) is 0 Å². The van der Waals surface area contributed by atoms with Gasteiger partial charge in [-0.15, -0.1) is 0 Å². The number of rotatable bonds is 15. The van der Waals surface area contributed by atoms with Crippen LogP contribution in [-0.4, -0.2) is 34.6 Å². The number of unbranched alkanes of at least 4 members (excludes halogenated alkanes) is 11. The van der Waals surface area contributed by atoms with E-state index < -0.39 is 6.10 Å². The van der Waals surface area contributed by atoms with E-state index in [0.717, 1.165) is 19.3 Å². The summed E-state index contributed by atoms with van der Waals surface area (Å²) in [6.45, 7) is 0.244. The molecule has 0 spiro atoms. The van der Waals surface area contributed by atoms with Crippen molar-refractivity contribution in [2.75, 3.05) is 13.2 Å². The van der Waals surface area contributed by atoms with Gasteiger partial charge >= 0.3 is 0 Å². The molecule has 0 aliphatic carbocycles. The van der Waals surface area contributed by atoms with Crippen LogP contribution in [0.15, 0.2) is 0 Å². The maximum atomic E-state index is 9.17. The number of aliphatic hydroxyl groups is 3. The van der Waals surface area contributed by atoms with Crippen LogP contribution in [0, 0.1) is 0 Å². The summed E-state index contributed by atoms with van der Waals surface area (Å²) in [5.41, 5.74) is 0. The molecule has 0 rings (SSSR count). The first kappa shape index (κ1) is 18.9. The maximum absolute atomic E-state index is 9.17. The Labute approximate surface area is 119 Å². The minimum atomic E-state index is -0.508. The lowest BCUT2D eigenvalue weighted by atomic mass is 10.0. The summed E-state index contributed by atoms with van der Waals surface area (Å²) < 4.78 is 0. The molecule has 0 saturated carbocycles. The molecule has 0 aromatic rings. The monoisotopic (exact) mass is 274 g/mol. The van der Waals surface area contributed by atoms with Crippen molar-refractivity contribution in [3.8, 4) is 0 Å². The van der Waals surface area contributed by atoms with E-state index >= 15 is 0 Å². The zero-order valence-corrected chi connectivity index (χ0v) is 12.5. The lowest BCUT2D eigenvalue weighted by Crippen LogP contribution is -2.10. The lowest BCUT2D eigenvalue weighted by molar-refractivity contribution is 0.0860. The highest BCUT2D eigenvalue weighted by molar-refractivity contribution is 4.54. The molecular weight excluding hydrogens is 240 g/mol. The van der Waals surface area contributed by atoms with E-state index in [1.165, 1.54) is 64.2 Å². The Bertz CT molecular complexity index is 162. The van der Waals surface area contributed by atoms with Gasteiger partial charge in [0, 0.05) is 6.61 Å². The molecule has 0 unspecified atom stereocenters. The van der Waals surface area contributed by atoms with Crippen LogP contribution in [0.4, 0.5) is 0 Å². The van der Waals surface area contributed by atoms with Crippen molar-refractivity contribution in [2.45, 2.75) is 89.6 Å². The second-order valence-electron chi connectivity index (χ2n) is 5.59. The van der Waals surface area contributed by atoms with Gasteiger partial charge in [-0.3, -0.25) is 0 Å². The first-order valence-corrected chi connectivity index (χ1v) is 8.21. The number of hydrogen-bond acceptors (Lipinski definition) is 3. The zero-order valence-electron chi connectivity index (χ0n) is 12.5. The normalized spacial score (nSPS) is 12.8. The third-order valence-electron chi connectivity index (χ3n) is 3.66. The van der Waals surface area contributed by atoms with Crippen LogP contribution >= 0.6 is 0 Å². The Hall–Kier alpha value is -0.120. The third kappa shape index (κ3) is 15.8. The fourth-order valence-electron chi connectivity index (χ4n) is 2.35. The van der Waals surface area contributed by atoms with E-state index in [9.17, 15) is 5.11 Å². The second-order valence-corrected chi connectivity index (χ2v) is 5.59. The molecule has 0 saturated heterocycles. The first-order chi connectivity index (χ1) is 9.31. The molecule has 0 heterocycles. The number of aliphatic hydroxyl groups excluding tert-OH is 3. The summed E-state index contributed by atoms with van der Waals surface area (Å²) in [5.74, 6) is 0. The van der Waals surface area contributed by atoms with E-state index in [1.54, 1.807) is 0 Å². The van der Waals surface area contributed by atoms with Crippen LogP contribution in [0.2, 0.25) is 0 Å². The highest BCUT2D eigenvalue weighted by Gasteiger charge is 2.00. The first-order valence-electron chi connectivity index (χ1n) is 8.21. The van der Waals surface area contributed by atoms with Gasteiger partial charge in [-0.25, -0.2) is 0 Å². The van der Waals surface area contributed by atoms with Crippen LogP contribution in [0.5, 0.6) is 0 Å². The van der Waals surface area contributed by atoms with Crippen LogP contribution in [-0.2, 0) is 0 Å². The second kappa shape index (κ2) is 15.9. The van der Waals surface area contributed by atoms with E-state index in [4.69, 9.17) is 10.2 Å². The minimum absolute atomic E-state index is 0.0989. The Morgan fingerprint density at radius 1 is 0.526 bits per heavy atom. The summed E-state index contributed by atoms with van der Waals surface area (Å²) >= 11 is 0. The van der Waals surface area contributed by atoms with Gasteiger partial charge in [-0.05, 0) is 12.8 Å². The maximum Gasteiger partial charge on any atom is 0.0770 e. The quantitative estimate of drug-likeness (QED) is 0.401. The SMILES string of the molecule is OCCCCCCCCCCCCCC[C@@H](O)CO. The van der Waals surface area contributed by atoms with Crippen molar-refractivity contribution in [2.24, 2.45) is 0 Å². The molecule has 0 radical (unpaired) electrons. The summed E-state index contributed by atoms with van der Waals surface area (Å²) in [5, 5.41) is 26.5. The summed E-state index contributed by atoms with van der Waals surface area (Å²) in [6, 6.07) is 0. The average molecular weight is 274 g/mol. The largest absolute Gasteiger partial charge is 0.396 e. The smallest absolute Gasteiger partial charge is 0.0770 e. The predicted octanol–water partition coefficient (Wildman–Crippen LogP) is 3.40. The van der Waals surface area contributed by atoms with Gasteiger partial charge in [0.1, 0.15) is 0 Å². The third-order valence-corrected chi connectivity index (χ3v) is 3.66. The van der Waals surface area contributed by atoms with Crippen LogP contribution in [0.3, 0.4) is 0 Å².